The molecule has 1 spiro atoms. The van der Waals surface area contributed by atoms with Crippen LogP contribution in [-0.4, -0.2) is 92.5 Å². The first-order valence-corrected chi connectivity index (χ1v) is 18.2. The first-order valence-electron chi connectivity index (χ1n) is 18.2. The van der Waals surface area contributed by atoms with Crippen molar-refractivity contribution in [1.82, 2.24) is 29.7 Å². The summed E-state index contributed by atoms with van der Waals surface area (Å²) >= 11 is 0. The number of nitrogens with zero attached hydrogens (tertiary/aromatic N) is 5. The molecule has 2 aliphatic heterocycles. The summed E-state index contributed by atoms with van der Waals surface area (Å²) in [4.78, 5) is 50.5. The van der Waals surface area contributed by atoms with Crippen molar-refractivity contribution in [1.29, 1.82) is 0 Å². The molecule has 4 aliphatic rings. The number of carbonyl (C=O) groups excluding carboxylic acids is 2. The monoisotopic (exact) mass is 701 g/mol. The molecular formula is C38H48FN7O5. The predicted molar refractivity (Wildman–Crippen MR) is 190 cm³/mol. The van der Waals surface area contributed by atoms with Crippen molar-refractivity contribution >= 4 is 18.1 Å². The summed E-state index contributed by atoms with van der Waals surface area (Å²) < 4.78 is 27.7. The lowest BCUT2D eigenvalue weighted by Crippen LogP contribution is -2.67. The van der Waals surface area contributed by atoms with E-state index < -0.39 is 11.4 Å². The fraction of sp³-hybridized carbons (Fsp3) is 0.553. The number of aromatic nitrogens is 3. The van der Waals surface area contributed by atoms with E-state index in [-0.39, 0.29) is 47.0 Å². The Morgan fingerprint density at radius 3 is 2.39 bits per heavy atom. The largest absolute Gasteiger partial charge is 0.446 e. The molecule has 7 rings (SSSR count). The molecule has 0 atom stereocenters. The normalized spacial score (nSPS) is 22.5. The Labute approximate surface area is 297 Å². The molecule has 2 aliphatic carbocycles. The van der Waals surface area contributed by atoms with E-state index in [0.717, 1.165) is 83.7 Å². The number of ether oxygens (including phenoxy) is 2. The minimum Gasteiger partial charge on any atom is -0.446 e. The molecule has 272 valence electrons. The van der Waals surface area contributed by atoms with Gasteiger partial charge in [0.15, 0.2) is 5.82 Å². The number of halogens is 1. The van der Waals surface area contributed by atoms with E-state index in [2.05, 4.69) is 25.5 Å². The van der Waals surface area contributed by atoms with E-state index >= 15 is 0 Å². The minimum atomic E-state index is -0.547. The van der Waals surface area contributed by atoms with Gasteiger partial charge in [0.25, 0.3) is 5.56 Å². The van der Waals surface area contributed by atoms with Crippen molar-refractivity contribution in [2.75, 3.05) is 31.5 Å². The maximum atomic E-state index is 14.9. The molecule has 4 fully saturated rings. The minimum absolute atomic E-state index is 0.0316. The van der Waals surface area contributed by atoms with Crippen LogP contribution < -0.4 is 16.2 Å². The van der Waals surface area contributed by atoms with Crippen molar-refractivity contribution in [3.63, 3.8) is 0 Å². The average molecular weight is 702 g/mol. The van der Waals surface area contributed by atoms with Gasteiger partial charge in [0.1, 0.15) is 17.4 Å². The fourth-order valence-corrected chi connectivity index (χ4v) is 8.06. The topological polar surface area (TPSA) is 131 Å². The summed E-state index contributed by atoms with van der Waals surface area (Å²) in [5.74, 6) is -0.210. The molecule has 51 heavy (non-hydrogen) atoms. The van der Waals surface area contributed by atoms with E-state index in [1.165, 1.54) is 10.6 Å². The molecule has 13 heteroatoms. The number of benzene rings is 1. The van der Waals surface area contributed by atoms with Gasteiger partial charge in [-0.1, -0.05) is 18.2 Å². The van der Waals surface area contributed by atoms with Crippen molar-refractivity contribution in [3.05, 3.63) is 71.0 Å². The Kier molecular flexibility index (Phi) is 9.75. The van der Waals surface area contributed by atoms with Gasteiger partial charge >= 0.3 is 12.2 Å². The Hall–Kier alpha value is -4.52. The molecule has 2 saturated heterocycles. The predicted octanol–water partition coefficient (Wildman–Crippen LogP) is 5.75. The number of hydrogen-bond donors (Lipinski definition) is 2. The lowest BCUT2D eigenvalue weighted by Gasteiger charge is -2.61. The van der Waals surface area contributed by atoms with Crippen LogP contribution in [-0.2, 0) is 9.47 Å². The number of hydrogen-bond acceptors (Lipinski definition) is 9. The number of amides is 2. The second kappa shape index (κ2) is 14.2. The third kappa shape index (κ3) is 8.19. The van der Waals surface area contributed by atoms with Gasteiger partial charge in [-0.15, -0.1) is 0 Å². The van der Waals surface area contributed by atoms with Crippen molar-refractivity contribution in [3.8, 4) is 16.9 Å². The lowest BCUT2D eigenvalue weighted by atomic mass is 9.61. The van der Waals surface area contributed by atoms with Crippen LogP contribution in [0, 0.1) is 11.2 Å². The number of alkyl carbamates (subject to hydrolysis) is 1. The fourth-order valence-electron chi connectivity index (χ4n) is 8.06. The Morgan fingerprint density at radius 1 is 0.961 bits per heavy atom. The van der Waals surface area contributed by atoms with Crippen LogP contribution in [0.5, 0.6) is 0 Å². The van der Waals surface area contributed by atoms with Gasteiger partial charge in [0.2, 0.25) is 5.95 Å². The second-order valence-corrected chi connectivity index (χ2v) is 15.7. The summed E-state index contributed by atoms with van der Waals surface area (Å²) in [6.45, 7) is 9.19. The number of rotatable bonds is 7. The SMILES string of the molecule is CC(C)(C)OC(=O)N1CCC(N2CC3(CC(OC(=O)N[C@H]4CC[C@H](Nc5ncc(F)c(-c6cccc(-n7ccccc7=O)c6)n5)CC4)C3)C2)CC1. The zero-order valence-corrected chi connectivity index (χ0v) is 29.6. The smallest absolute Gasteiger partial charge is 0.410 e. The van der Waals surface area contributed by atoms with Gasteiger partial charge in [-0.2, -0.15) is 0 Å². The molecular weight excluding hydrogens is 653 g/mol. The molecule has 2 N–H and O–H groups in total. The van der Waals surface area contributed by atoms with Crippen LogP contribution in [0.25, 0.3) is 16.9 Å². The molecule has 1 aromatic carbocycles. The molecule has 2 aromatic heterocycles. The van der Waals surface area contributed by atoms with Crippen LogP contribution in [0.1, 0.15) is 72.1 Å². The van der Waals surface area contributed by atoms with E-state index in [1.54, 1.807) is 42.6 Å². The number of carbonyl (C=O) groups is 2. The van der Waals surface area contributed by atoms with Gasteiger partial charge in [-0.25, -0.2) is 23.9 Å². The Balaban J connectivity index is 0.815. The average Bonchev–Trinajstić information content (AvgIpc) is 3.06. The van der Waals surface area contributed by atoms with Crippen molar-refractivity contribution < 1.29 is 23.5 Å². The number of anilines is 1. The second-order valence-electron chi connectivity index (χ2n) is 15.7. The van der Waals surface area contributed by atoms with Crippen LogP contribution in [0.4, 0.5) is 19.9 Å². The van der Waals surface area contributed by atoms with Crippen LogP contribution in [0.3, 0.4) is 0 Å². The molecule has 12 nitrogen and oxygen atoms in total. The van der Waals surface area contributed by atoms with Crippen molar-refractivity contribution in [2.24, 2.45) is 5.41 Å². The highest BCUT2D eigenvalue weighted by Crippen LogP contribution is 2.51. The summed E-state index contributed by atoms with van der Waals surface area (Å²) in [5, 5.41) is 6.41. The molecule has 0 bridgehead atoms. The number of piperidine rings is 1. The maximum Gasteiger partial charge on any atom is 0.410 e. The van der Waals surface area contributed by atoms with Gasteiger partial charge in [0.05, 0.1) is 6.20 Å². The third-order valence-electron chi connectivity index (χ3n) is 10.7. The van der Waals surface area contributed by atoms with Crippen LogP contribution >= 0.6 is 0 Å². The molecule has 3 aromatic rings. The van der Waals surface area contributed by atoms with Gasteiger partial charge in [0, 0.05) is 73.2 Å². The lowest BCUT2D eigenvalue weighted by molar-refractivity contribution is -0.147. The Bertz CT molecular complexity index is 1780. The van der Waals surface area contributed by atoms with Gasteiger partial charge < -0.3 is 25.0 Å². The Morgan fingerprint density at radius 2 is 1.69 bits per heavy atom. The molecule has 2 saturated carbocycles. The molecule has 4 heterocycles. The highest BCUT2D eigenvalue weighted by molar-refractivity contribution is 5.68. The first kappa shape index (κ1) is 34.9. The van der Waals surface area contributed by atoms with Gasteiger partial charge in [-0.05, 0) is 90.3 Å². The van der Waals surface area contributed by atoms with Crippen LogP contribution in [0.15, 0.2) is 59.7 Å². The number of likely N-dealkylation sites (tertiary alicyclic amines) is 2. The summed E-state index contributed by atoms with van der Waals surface area (Å²) in [6, 6.07) is 12.6. The van der Waals surface area contributed by atoms with E-state index in [1.807, 2.05) is 25.7 Å². The van der Waals surface area contributed by atoms with E-state index in [4.69, 9.17) is 9.47 Å². The van der Waals surface area contributed by atoms with Gasteiger partial charge in [-0.3, -0.25) is 14.3 Å². The standard InChI is InChI=1S/C38H48FN7O5/c1-37(2,3)51-36(49)44-17-14-28(15-18-44)45-23-38(24-45)20-30(21-38)50-35(48)42-27-12-10-26(11-13-27)41-34-40-22-31(39)33(43-34)25-7-6-8-29(19-25)46-16-5-4-9-32(46)47/h4-9,16,19,22,26-28,30H,10-15,17-18,20-21,23-24H2,1-3H3,(H,42,48)(H,40,41,43)/t26-,27-. The molecule has 2 amide bonds. The van der Waals surface area contributed by atoms with Crippen molar-refractivity contribution in [2.45, 2.75) is 102 Å². The highest BCUT2D eigenvalue weighted by atomic mass is 19.1. The van der Waals surface area contributed by atoms with Crippen LogP contribution in [0.2, 0.25) is 0 Å². The number of pyridine rings is 1. The first-order chi connectivity index (χ1) is 24.4. The van der Waals surface area contributed by atoms with E-state index in [9.17, 15) is 18.8 Å². The summed E-state index contributed by atoms with van der Waals surface area (Å²) in [6.07, 6.45) is 9.11. The summed E-state index contributed by atoms with van der Waals surface area (Å²) in [7, 11) is 0. The zero-order chi connectivity index (χ0) is 35.8. The maximum absolute atomic E-state index is 14.9. The number of nitrogens with one attached hydrogen (secondary N) is 2. The molecule has 0 unspecified atom stereocenters. The highest BCUT2D eigenvalue weighted by Gasteiger charge is 2.55. The molecule has 0 radical (unpaired) electrons. The zero-order valence-electron chi connectivity index (χ0n) is 29.6. The van der Waals surface area contributed by atoms with E-state index in [0.29, 0.717) is 23.2 Å². The third-order valence-corrected chi connectivity index (χ3v) is 10.7. The summed E-state index contributed by atoms with van der Waals surface area (Å²) in [5.41, 5.74) is 0.914. The quantitative estimate of drug-likeness (QED) is 0.317.